The topological polar surface area (TPSA) is 220 Å². The zero-order valence-electron chi connectivity index (χ0n) is 26.8. The molecule has 17 nitrogen and oxygen atoms in total. The summed E-state index contributed by atoms with van der Waals surface area (Å²) >= 11 is 1.33. The quantitative estimate of drug-likeness (QED) is 0.0400. The molecule has 0 spiro atoms. The molecule has 46 heavy (non-hydrogen) atoms. The van der Waals surface area contributed by atoms with Crippen molar-refractivity contribution in [2.45, 2.75) is 56.7 Å². The molecule has 0 radical (unpaired) electrons. The molecule has 0 aromatic heterocycles. The third-order valence-corrected chi connectivity index (χ3v) is 7.41. The summed E-state index contributed by atoms with van der Waals surface area (Å²) in [5, 5.41) is 19.2. The maximum Gasteiger partial charge on any atom is 0.407 e. The number of imide groups is 1. The van der Waals surface area contributed by atoms with Crippen molar-refractivity contribution in [1.29, 1.82) is 0 Å². The van der Waals surface area contributed by atoms with Gasteiger partial charge in [0.15, 0.2) is 6.29 Å². The van der Waals surface area contributed by atoms with Gasteiger partial charge < -0.3 is 50.1 Å². The van der Waals surface area contributed by atoms with Gasteiger partial charge in [-0.05, 0) is 12.7 Å². The van der Waals surface area contributed by atoms with Crippen LogP contribution in [0.25, 0.3) is 0 Å². The van der Waals surface area contributed by atoms with E-state index in [2.05, 4.69) is 21.3 Å². The Morgan fingerprint density at radius 1 is 0.891 bits per heavy atom. The fourth-order valence-corrected chi connectivity index (χ4v) is 4.46. The highest BCUT2D eigenvalue weighted by atomic mass is 32.2. The lowest BCUT2D eigenvalue weighted by Crippen LogP contribution is -2.37. The Balaban J connectivity index is 1.94. The smallest absolute Gasteiger partial charge is 0.407 e. The summed E-state index contributed by atoms with van der Waals surface area (Å²) in [6, 6.07) is 0. The number of hydrogen-bond acceptors (Lipinski definition) is 13. The fraction of sp³-hybridized carbons (Fsp3) is 0.786. The van der Waals surface area contributed by atoms with Crippen molar-refractivity contribution in [3.63, 3.8) is 0 Å². The molecule has 1 aliphatic rings. The average Bonchev–Trinajstić information content (AvgIpc) is 3.32. The van der Waals surface area contributed by atoms with Gasteiger partial charge in [-0.25, -0.2) is 4.79 Å². The standard InChI is InChI=1S/C28H49N5O12S/c1-4-20(18-34)45-26(41-2)19-44-28(40)32-8-5-22(35)29-9-10-30-24(37)7-13-42-15-16-43-14-11-31-23(36)6-12-33-25(38)17-21(46-3)27(33)39/h20-21,26,34H,4-19H2,1-3H3,(H,29,35)(H,30,37)(H,31,36)(H,32,40). The van der Waals surface area contributed by atoms with Crippen LogP contribution in [0.4, 0.5) is 4.79 Å². The molecule has 1 heterocycles. The number of thioether (sulfide) groups is 1. The number of aliphatic hydroxyl groups is 1. The van der Waals surface area contributed by atoms with Gasteiger partial charge in [0, 0.05) is 65.5 Å². The molecule has 3 atom stereocenters. The van der Waals surface area contributed by atoms with Crippen LogP contribution in [0.15, 0.2) is 0 Å². The number of nitrogens with one attached hydrogen (secondary N) is 4. The Morgan fingerprint density at radius 2 is 1.52 bits per heavy atom. The minimum atomic E-state index is -0.824. The number of carbonyl (C=O) groups is 6. The molecule has 1 fully saturated rings. The third kappa shape index (κ3) is 18.2. The van der Waals surface area contributed by atoms with Gasteiger partial charge in [0.1, 0.15) is 6.61 Å². The van der Waals surface area contributed by atoms with E-state index in [1.807, 2.05) is 6.92 Å². The second kappa shape index (κ2) is 25.1. The van der Waals surface area contributed by atoms with E-state index in [-0.39, 0.29) is 133 Å². The number of amides is 6. The van der Waals surface area contributed by atoms with Crippen LogP contribution in [0.5, 0.6) is 0 Å². The molecule has 1 rings (SSSR count). The Labute approximate surface area is 273 Å². The molecular weight excluding hydrogens is 630 g/mol. The predicted molar refractivity (Wildman–Crippen MR) is 166 cm³/mol. The summed E-state index contributed by atoms with van der Waals surface area (Å²) in [6.07, 6.45) is 0.695. The molecule has 0 aromatic carbocycles. The zero-order chi connectivity index (χ0) is 34.2. The van der Waals surface area contributed by atoms with Gasteiger partial charge in [0.25, 0.3) is 0 Å². The van der Waals surface area contributed by atoms with Gasteiger partial charge in [-0.2, -0.15) is 11.8 Å². The van der Waals surface area contributed by atoms with Crippen molar-refractivity contribution in [3.8, 4) is 0 Å². The van der Waals surface area contributed by atoms with Gasteiger partial charge in [0.05, 0.1) is 44.4 Å². The van der Waals surface area contributed by atoms with Crippen LogP contribution in [0.2, 0.25) is 0 Å². The maximum absolute atomic E-state index is 12.1. The summed E-state index contributed by atoms with van der Waals surface area (Å²) in [5.41, 5.74) is 0. The van der Waals surface area contributed by atoms with E-state index in [1.165, 1.54) is 18.9 Å². The van der Waals surface area contributed by atoms with E-state index in [0.29, 0.717) is 6.42 Å². The van der Waals surface area contributed by atoms with Crippen LogP contribution in [0.1, 0.15) is 39.0 Å². The Bertz CT molecular complexity index is 956. The third-order valence-electron chi connectivity index (χ3n) is 6.47. The highest BCUT2D eigenvalue weighted by Crippen LogP contribution is 2.23. The number of methoxy groups -OCH3 is 1. The zero-order valence-corrected chi connectivity index (χ0v) is 27.7. The molecule has 1 aliphatic heterocycles. The van der Waals surface area contributed by atoms with Crippen molar-refractivity contribution >= 4 is 47.4 Å². The van der Waals surface area contributed by atoms with Gasteiger partial charge in [-0.1, -0.05) is 6.92 Å². The van der Waals surface area contributed by atoms with Crippen LogP contribution in [-0.2, 0) is 47.7 Å². The lowest BCUT2D eigenvalue weighted by molar-refractivity contribution is -0.181. The fourth-order valence-electron chi connectivity index (χ4n) is 3.82. The lowest BCUT2D eigenvalue weighted by atomic mass is 10.3. The SMILES string of the molecule is CCC(CO)OC(COC(=O)NCCC(=O)NCCNC(=O)CCOCCOCCNC(=O)CCN1C(=O)CC(SC)C1=O)OC. The molecular formula is C28H49N5O12S. The monoisotopic (exact) mass is 679 g/mol. The van der Waals surface area contributed by atoms with Gasteiger partial charge >= 0.3 is 6.09 Å². The van der Waals surface area contributed by atoms with Gasteiger partial charge in [-0.3, -0.25) is 28.9 Å². The first-order valence-electron chi connectivity index (χ1n) is 15.2. The number of rotatable bonds is 26. The highest BCUT2D eigenvalue weighted by molar-refractivity contribution is 8.00. The maximum atomic E-state index is 12.1. The van der Waals surface area contributed by atoms with Crippen molar-refractivity contribution < 1.29 is 57.6 Å². The van der Waals surface area contributed by atoms with E-state index in [4.69, 9.17) is 28.8 Å². The van der Waals surface area contributed by atoms with Gasteiger partial charge in [-0.15, -0.1) is 0 Å². The molecule has 0 aromatic rings. The van der Waals surface area contributed by atoms with Crippen LogP contribution in [-0.4, -0.2) is 149 Å². The van der Waals surface area contributed by atoms with E-state index in [0.717, 1.165) is 4.90 Å². The molecule has 5 N–H and O–H groups in total. The minimum absolute atomic E-state index is 0.0138. The molecule has 18 heteroatoms. The molecule has 0 bridgehead atoms. The van der Waals surface area contributed by atoms with Crippen LogP contribution in [0.3, 0.4) is 0 Å². The molecule has 6 amide bonds. The van der Waals surface area contributed by atoms with Crippen LogP contribution in [0, 0.1) is 0 Å². The molecule has 0 aliphatic carbocycles. The van der Waals surface area contributed by atoms with Crippen molar-refractivity contribution in [2.24, 2.45) is 0 Å². The van der Waals surface area contributed by atoms with Crippen molar-refractivity contribution in [3.05, 3.63) is 0 Å². The number of alkyl carbamates (subject to hydrolysis) is 1. The molecule has 1 saturated heterocycles. The number of hydrogen-bond donors (Lipinski definition) is 5. The van der Waals surface area contributed by atoms with E-state index in [1.54, 1.807) is 6.26 Å². The number of likely N-dealkylation sites (tertiary alicyclic amines) is 1. The highest BCUT2D eigenvalue weighted by Gasteiger charge is 2.37. The number of aliphatic hydroxyl groups excluding tert-OH is 1. The summed E-state index contributed by atoms with van der Waals surface area (Å²) in [6.45, 7) is 3.27. The summed E-state index contributed by atoms with van der Waals surface area (Å²) in [7, 11) is 1.39. The second-order valence-corrected chi connectivity index (χ2v) is 10.9. The van der Waals surface area contributed by atoms with Gasteiger partial charge in [0.2, 0.25) is 29.5 Å². The van der Waals surface area contributed by atoms with Crippen molar-refractivity contribution in [2.75, 3.05) is 85.7 Å². The predicted octanol–water partition coefficient (Wildman–Crippen LogP) is -1.48. The van der Waals surface area contributed by atoms with E-state index in [9.17, 15) is 28.8 Å². The van der Waals surface area contributed by atoms with Crippen LogP contribution < -0.4 is 21.3 Å². The second-order valence-electron chi connectivity index (χ2n) is 9.88. The summed E-state index contributed by atoms with van der Waals surface area (Å²) in [4.78, 5) is 72.6. The van der Waals surface area contributed by atoms with Crippen LogP contribution >= 0.6 is 11.8 Å². The Morgan fingerprint density at radius 3 is 2.13 bits per heavy atom. The number of ether oxygens (including phenoxy) is 5. The molecule has 0 saturated carbocycles. The molecule has 3 unspecified atom stereocenters. The summed E-state index contributed by atoms with van der Waals surface area (Å²) in [5.74, 6) is -1.34. The van der Waals surface area contributed by atoms with Crippen molar-refractivity contribution in [1.82, 2.24) is 26.2 Å². The average molecular weight is 680 g/mol. The van der Waals surface area contributed by atoms with E-state index < -0.39 is 18.5 Å². The normalized spacial score (nSPS) is 15.7. The number of carbonyl (C=O) groups excluding carboxylic acids is 6. The first kappa shape index (κ1) is 41.0. The lowest BCUT2D eigenvalue weighted by Gasteiger charge is -2.21. The Kier molecular flexibility index (Phi) is 22.4. The largest absolute Gasteiger partial charge is 0.444 e. The first-order chi connectivity index (χ1) is 22.1. The Hall–Kier alpha value is -3.03. The first-order valence-corrected chi connectivity index (χ1v) is 16.5. The molecule has 264 valence electrons. The number of nitrogens with zero attached hydrogens (tertiary/aromatic N) is 1. The summed E-state index contributed by atoms with van der Waals surface area (Å²) < 4.78 is 26.2. The van der Waals surface area contributed by atoms with E-state index >= 15 is 0 Å². The minimum Gasteiger partial charge on any atom is -0.444 e.